The molecule has 6 aliphatic rings. The fourth-order valence-corrected chi connectivity index (χ4v) is 11.1. The third-order valence-electron chi connectivity index (χ3n) is 13.9. The van der Waals surface area contributed by atoms with Gasteiger partial charge < -0.3 is 15.7 Å². The monoisotopic (exact) mass is 785 g/mol. The first-order chi connectivity index (χ1) is 27.5. The smallest absolute Gasteiger partial charge is 0.475 e. The number of aromatic nitrogens is 1. The van der Waals surface area contributed by atoms with Gasteiger partial charge in [-0.2, -0.15) is 13.2 Å². The van der Waals surface area contributed by atoms with E-state index in [9.17, 15) is 22.8 Å². The molecule has 4 atom stereocenters. The number of amides is 2. The van der Waals surface area contributed by atoms with Crippen molar-refractivity contribution in [3.8, 4) is 0 Å². The molecular formula is C45H54F3N5O4. The van der Waals surface area contributed by atoms with Gasteiger partial charge in [0.1, 0.15) is 5.69 Å². The van der Waals surface area contributed by atoms with E-state index >= 15 is 0 Å². The third kappa shape index (κ3) is 8.49. The maximum atomic E-state index is 13.5. The van der Waals surface area contributed by atoms with Crippen LogP contribution in [0, 0.1) is 11.8 Å². The van der Waals surface area contributed by atoms with Gasteiger partial charge in [-0.1, -0.05) is 48.5 Å². The Bertz CT molecular complexity index is 1740. The van der Waals surface area contributed by atoms with E-state index in [0.717, 1.165) is 51.4 Å². The van der Waals surface area contributed by atoms with Crippen LogP contribution in [0.25, 0.3) is 0 Å². The molecule has 57 heavy (non-hydrogen) atoms. The Kier molecular flexibility index (Phi) is 11.7. The van der Waals surface area contributed by atoms with Crippen molar-refractivity contribution in [3.63, 3.8) is 0 Å². The summed E-state index contributed by atoms with van der Waals surface area (Å²) in [5, 5.41) is 13.7. The van der Waals surface area contributed by atoms with Crippen molar-refractivity contribution >= 4 is 17.8 Å². The molecule has 0 unspecified atom stereocenters. The maximum Gasteiger partial charge on any atom is 0.490 e. The number of carboxylic acids is 1. The molecule has 5 heterocycles. The van der Waals surface area contributed by atoms with Crippen LogP contribution in [0.15, 0.2) is 66.9 Å². The second kappa shape index (κ2) is 16.9. The van der Waals surface area contributed by atoms with Crippen molar-refractivity contribution in [2.45, 2.75) is 132 Å². The van der Waals surface area contributed by atoms with Crippen molar-refractivity contribution in [1.29, 1.82) is 0 Å². The van der Waals surface area contributed by atoms with E-state index < -0.39 is 12.1 Å². The lowest BCUT2D eigenvalue weighted by atomic mass is 9.83. The van der Waals surface area contributed by atoms with Gasteiger partial charge in [0.2, 0.25) is 0 Å². The number of carbonyl (C=O) groups is 3. The lowest BCUT2D eigenvalue weighted by Gasteiger charge is -2.31. The molecule has 9 rings (SSSR count). The molecule has 2 aromatic carbocycles. The average molecular weight is 786 g/mol. The zero-order valence-corrected chi connectivity index (χ0v) is 32.4. The summed E-state index contributed by atoms with van der Waals surface area (Å²) < 4.78 is 31.7. The Labute approximate surface area is 332 Å². The summed E-state index contributed by atoms with van der Waals surface area (Å²) in [7, 11) is 0. The summed E-state index contributed by atoms with van der Waals surface area (Å²) in [6, 6.07) is 24.4. The molecule has 4 fully saturated rings. The molecule has 4 aliphatic heterocycles. The summed E-state index contributed by atoms with van der Waals surface area (Å²) in [5.41, 5.74) is 6.90. The van der Waals surface area contributed by atoms with Crippen LogP contribution in [0.4, 0.5) is 13.2 Å². The number of hydrogen-bond acceptors (Lipinski definition) is 6. The van der Waals surface area contributed by atoms with Crippen LogP contribution in [-0.2, 0) is 4.79 Å². The quantitative estimate of drug-likeness (QED) is 0.188. The number of nitrogens with zero attached hydrogens (tertiary/aromatic N) is 3. The Morgan fingerprint density at radius 1 is 0.596 bits per heavy atom. The first kappa shape index (κ1) is 39.5. The number of hydrogen-bond donors (Lipinski definition) is 3. The predicted molar refractivity (Wildman–Crippen MR) is 209 cm³/mol. The zero-order chi connectivity index (χ0) is 39.7. The number of carbonyl (C=O) groups excluding carboxylic acids is 2. The third-order valence-corrected chi connectivity index (χ3v) is 13.9. The van der Waals surface area contributed by atoms with Gasteiger partial charge in [-0.25, -0.2) is 4.79 Å². The van der Waals surface area contributed by atoms with E-state index in [1.54, 1.807) is 40.6 Å². The number of nitrogens with one attached hydrogen (secondary N) is 2. The number of benzene rings is 2. The molecule has 1 aromatic heterocycles. The minimum absolute atomic E-state index is 0.143. The molecule has 0 radical (unpaired) electrons. The number of aliphatic carboxylic acids is 1. The molecule has 0 spiro atoms. The van der Waals surface area contributed by atoms with E-state index in [4.69, 9.17) is 9.90 Å². The highest BCUT2D eigenvalue weighted by Gasteiger charge is 2.44. The Balaban J connectivity index is 0.000000598. The van der Waals surface area contributed by atoms with Crippen LogP contribution in [0.5, 0.6) is 0 Å². The topological polar surface area (TPSA) is 115 Å². The molecule has 2 amide bonds. The van der Waals surface area contributed by atoms with Crippen molar-refractivity contribution in [1.82, 2.24) is 25.4 Å². The van der Waals surface area contributed by atoms with Gasteiger partial charge in [0.25, 0.3) is 11.8 Å². The fourth-order valence-electron chi connectivity index (χ4n) is 11.1. The number of fused-ring (bicyclic) bond motifs is 10. The standard InChI is InChI=1S/C43H53N5O2.C2HF3O2/c49-42(45-30-15-11-28(12-16-30)23-26-47-37-19-20-38(47)33-7-2-1-6-32(33)37)36-10-5-25-44-41(36)43(50)46-31-17-13-29(14-18-31)24-27-48-39-21-22-40(48)35-9-4-3-8-34(35)39;3-2(4,5)1(6)7/h1-10,25,28-31,37-40H,11-24,26-27H2,(H,45,49)(H,46,50);(H,6,7)/t28?,29?,30?,31?,37-,38+,39-,40+;. The number of pyridine rings is 1. The normalized spacial score (nSPS) is 28.9. The molecular weight excluding hydrogens is 732 g/mol. The van der Waals surface area contributed by atoms with Gasteiger partial charge in [-0.3, -0.25) is 24.4 Å². The Hall–Kier alpha value is -4.29. The number of carboxylic acid groups (broad SMARTS) is 1. The van der Waals surface area contributed by atoms with E-state index in [0.29, 0.717) is 41.6 Å². The van der Waals surface area contributed by atoms with Crippen LogP contribution < -0.4 is 10.6 Å². The van der Waals surface area contributed by atoms with Crippen LogP contribution >= 0.6 is 0 Å². The van der Waals surface area contributed by atoms with Gasteiger partial charge in [0.15, 0.2) is 0 Å². The summed E-state index contributed by atoms with van der Waals surface area (Å²) in [5.74, 6) is -1.71. The molecule has 4 bridgehead atoms. The summed E-state index contributed by atoms with van der Waals surface area (Å²) in [6.45, 7) is 2.35. The van der Waals surface area contributed by atoms with E-state index in [2.05, 4.69) is 73.9 Å². The van der Waals surface area contributed by atoms with Crippen LogP contribution in [0.1, 0.15) is 157 Å². The van der Waals surface area contributed by atoms with E-state index in [1.807, 2.05) is 0 Å². The van der Waals surface area contributed by atoms with Crippen molar-refractivity contribution in [3.05, 3.63) is 100 Å². The van der Waals surface area contributed by atoms with Crippen molar-refractivity contribution < 1.29 is 32.7 Å². The SMILES string of the molecule is O=C(NC1CCC(CCN2[C@@H]3CC[C@H]2c2ccccc23)CC1)c1cccnc1C(=O)NC1CCC(CCN2[C@@H]3CC[C@H]2c2ccccc23)CC1.O=C(O)C(F)(F)F. The van der Waals surface area contributed by atoms with Crippen molar-refractivity contribution in [2.24, 2.45) is 11.8 Å². The second-order valence-corrected chi connectivity index (χ2v) is 17.1. The van der Waals surface area contributed by atoms with Gasteiger partial charge in [-0.15, -0.1) is 0 Å². The molecule has 3 aromatic rings. The van der Waals surface area contributed by atoms with Crippen molar-refractivity contribution in [2.75, 3.05) is 13.1 Å². The highest BCUT2D eigenvalue weighted by atomic mass is 19.4. The zero-order valence-electron chi connectivity index (χ0n) is 32.4. The van der Waals surface area contributed by atoms with E-state index in [1.165, 1.54) is 51.6 Å². The molecule has 3 N–H and O–H groups in total. The van der Waals surface area contributed by atoms with Crippen LogP contribution in [0.3, 0.4) is 0 Å². The van der Waals surface area contributed by atoms with E-state index in [-0.39, 0.29) is 29.6 Å². The van der Waals surface area contributed by atoms with Gasteiger partial charge in [0, 0.05) is 42.4 Å². The maximum absolute atomic E-state index is 13.5. The predicted octanol–water partition coefficient (Wildman–Crippen LogP) is 8.86. The summed E-state index contributed by atoms with van der Waals surface area (Å²) in [4.78, 5) is 45.8. The lowest BCUT2D eigenvalue weighted by Crippen LogP contribution is -2.41. The highest BCUT2D eigenvalue weighted by Crippen LogP contribution is 2.54. The molecule has 9 nitrogen and oxygen atoms in total. The molecule has 2 aliphatic carbocycles. The molecule has 304 valence electrons. The minimum atomic E-state index is -5.08. The summed E-state index contributed by atoms with van der Waals surface area (Å²) >= 11 is 0. The van der Waals surface area contributed by atoms with Crippen LogP contribution in [-0.4, -0.2) is 69.0 Å². The van der Waals surface area contributed by atoms with Gasteiger partial charge in [-0.05, 0) is 149 Å². The molecule has 2 saturated carbocycles. The Morgan fingerprint density at radius 2 is 0.982 bits per heavy atom. The molecule has 2 saturated heterocycles. The summed E-state index contributed by atoms with van der Waals surface area (Å²) in [6.07, 6.45) is 12.8. The second-order valence-electron chi connectivity index (χ2n) is 17.1. The Morgan fingerprint density at radius 3 is 1.37 bits per heavy atom. The average Bonchev–Trinajstić information content (AvgIpc) is 3.98. The van der Waals surface area contributed by atoms with Gasteiger partial charge in [0.05, 0.1) is 5.56 Å². The number of rotatable bonds is 10. The number of halogens is 3. The van der Waals surface area contributed by atoms with Gasteiger partial charge >= 0.3 is 12.1 Å². The first-order valence-corrected chi connectivity index (χ1v) is 21.1. The highest BCUT2D eigenvalue weighted by molar-refractivity contribution is 6.06. The van der Waals surface area contributed by atoms with Crippen LogP contribution in [0.2, 0.25) is 0 Å². The lowest BCUT2D eigenvalue weighted by molar-refractivity contribution is -0.192. The largest absolute Gasteiger partial charge is 0.490 e. The molecule has 12 heteroatoms. The fraction of sp³-hybridized carbons (Fsp3) is 0.556. The minimum Gasteiger partial charge on any atom is -0.475 e. The first-order valence-electron chi connectivity index (χ1n) is 21.1. The number of alkyl halides is 3.